The van der Waals surface area contributed by atoms with Gasteiger partial charge in [0.1, 0.15) is 6.54 Å². The molecule has 0 amide bonds. The highest BCUT2D eigenvalue weighted by molar-refractivity contribution is 5.69. The van der Waals surface area contributed by atoms with Crippen LogP contribution < -0.4 is 17.1 Å². The average Bonchev–Trinajstić information content (AvgIpc) is 2.93. The van der Waals surface area contributed by atoms with Gasteiger partial charge in [-0.1, -0.05) is 19.8 Å². The Hall–Kier alpha value is -3.22. The fourth-order valence-corrected chi connectivity index (χ4v) is 5.44. The molecule has 13 heteroatoms. The molecule has 4 atom stereocenters. The van der Waals surface area contributed by atoms with Crippen LogP contribution in [0.3, 0.4) is 0 Å². The summed E-state index contributed by atoms with van der Waals surface area (Å²) >= 11 is 0. The van der Waals surface area contributed by atoms with Crippen LogP contribution in [-0.2, 0) is 48.2 Å². The molecule has 4 unspecified atom stereocenters. The number of hydrogen-bond donors (Lipinski definition) is 1. The van der Waals surface area contributed by atoms with Gasteiger partial charge in [-0.15, -0.1) is 0 Å². The minimum absolute atomic E-state index is 0.0387. The number of carboxylic acid groups (broad SMARTS) is 1. The maximum Gasteiger partial charge on any atom is 0.336 e. The van der Waals surface area contributed by atoms with Gasteiger partial charge in [0.25, 0.3) is 0 Å². The summed E-state index contributed by atoms with van der Waals surface area (Å²) in [6, 6.07) is 0. The van der Waals surface area contributed by atoms with Crippen molar-refractivity contribution in [3.8, 4) is 0 Å². The van der Waals surface area contributed by atoms with Gasteiger partial charge >= 0.3 is 35.0 Å². The van der Waals surface area contributed by atoms with E-state index in [0.29, 0.717) is 29.6 Å². The maximum absolute atomic E-state index is 13.0. The molecule has 0 radical (unpaired) electrons. The summed E-state index contributed by atoms with van der Waals surface area (Å²) in [5, 5.41) is 9.20. The van der Waals surface area contributed by atoms with Crippen LogP contribution in [0.2, 0.25) is 0 Å². The van der Waals surface area contributed by atoms with E-state index in [0.717, 1.165) is 41.2 Å². The summed E-state index contributed by atoms with van der Waals surface area (Å²) in [4.78, 5) is 74.5. The van der Waals surface area contributed by atoms with Gasteiger partial charge in [0.15, 0.2) is 0 Å². The van der Waals surface area contributed by atoms with Crippen molar-refractivity contribution in [3.05, 3.63) is 31.5 Å². The Labute approximate surface area is 238 Å². The molecule has 1 saturated carbocycles. The third kappa shape index (κ3) is 9.98. The first kappa shape index (κ1) is 32.3. The number of carbonyl (C=O) groups is 3. The van der Waals surface area contributed by atoms with Crippen molar-refractivity contribution in [1.29, 1.82) is 0 Å². The lowest BCUT2D eigenvalue weighted by molar-refractivity contribution is -0.147. The number of esters is 2. The Bertz CT molecular complexity index is 1220. The molecule has 2 heterocycles. The highest BCUT2D eigenvalue weighted by Gasteiger charge is 2.22. The Morgan fingerprint density at radius 3 is 1.88 bits per heavy atom. The molecule has 1 aromatic rings. The molecule has 230 valence electrons. The van der Waals surface area contributed by atoms with Crippen LogP contribution in [0.1, 0.15) is 78.1 Å². The van der Waals surface area contributed by atoms with E-state index in [2.05, 4.69) is 6.92 Å². The quantitative estimate of drug-likeness (QED) is 0.319. The van der Waals surface area contributed by atoms with Crippen LogP contribution in [0.5, 0.6) is 0 Å². The standard InChI is InChI=1S/C28H43N3O10/c1-19-6-3-7-21(14-19)16-40-24(34)8-4-12-29-26(36)30(28(38)31(27(29)37)15-23(32)33)13-5-9-25(35)41-18-22-11-10-20(2)39-17-22/h19-22H,3-18H2,1-2H3,(H,32,33). The van der Waals surface area contributed by atoms with Gasteiger partial charge in [0, 0.05) is 31.8 Å². The first-order chi connectivity index (χ1) is 19.5. The number of carbonyl (C=O) groups excluding carboxylic acids is 2. The van der Waals surface area contributed by atoms with Crippen molar-refractivity contribution in [1.82, 2.24) is 13.7 Å². The smallest absolute Gasteiger partial charge is 0.336 e. The lowest BCUT2D eigenvalue weighted by Gasteiger charge is -2.26. The second-order valence-corrected chi connectivity index (χ2v) is 11.4. The van der Waals surface area contributed by atoms with Crippen LogP contribution in [0.25, 0.3) is 0 Å². The topological polar surface area (TPSA) is 165 Å². The van der Waals surface area contributed by atoms with E-state index in [-0.39, 0.29) is 57.4 Å². The van der Waals surface area contributed by atoms with Gasteiger partial charge in [-0.2, -0.15) is 0 Å². The van der Waals surface area contributed by atoms with E-state index in [1.54, 1.807) is 0 Å². The monoisotopic (exact) mass is 581 g/mol. The van der Waals surface area contributed by atoms with Crippen LogP contribution in [0, 0.1) is 17.8 Å². The number of hydrogen-bond acceptors (Lipinski definition) is 9. The number of carboxylic acids is 1. The van der Waals surface area contributed by atoms with Gasteiger partial charge in [0.05, 0.1) is 25.9 Å². The number of aromatic nitrogens is 3. The highest BCUT2D eigenvalue weighted by Crippen LogP contribution is 2.28. The molecule has 0 spiro atoms. The molecule has 2 aliphatic rings. The van der Waals surface area contributed by atoms with Crippen molar-refractivity contribution in [2.45, 2.75) is 104 Å². The average molecular weight is 582 g/mol. The molecule has 2 fully saturated rings. The molecule has 1 saturated heterocycles. The predicted molar refractivity (Wildman–Crippen MR) is 147 cm³/mol. The summed E-state index contributed by atoms with van der Waals surface area (Å²) in [6.45, 7) is 3.93. The molecule has 3 rings (SSSR count). The lowest BCUT2D eigenvalue weighted by atomic mass is 9.83. The van der Waals surface area contributed by atoms with Crippen LogP contribution in [0.4, 0.5) is 0 Å². The molecule has 1 aliphatic carbocycles. The summed E-state index contributed by atoms with van der Waals surface area (Å²) < 4.78 is 18.2. The molecule has 1 aliphatic heterocycles. The van der Waals surface area contributed by atoms with E-state index in [1.807, 2.05) is 6.92 Å². The van der Waals surface area contributed by atoms with Crippen molar-refractivity contribution in [2.75, 3.05) is 19.8 Å². The van der Waals surface area contributed by atoms with E-state index >= 15 is 0 Å². The molecular formula is C28H43N3O10. The molecule has 41 heavy (non-hydrogen) atoms. The van der Waals surface area contributed by atoms with Crippen LogP contribution in [0.15, 0.2) is 14.4 Å². The Balaban J connectivity index is 1.57. The molecule has 13 nitrogen and oxygen atoms in total. The maximum atomic E-state index is 13.0. The second-order valence-electron chi connectivity index (χ2n) is 11.4. The molecule has 0 aromatic carbocycles. The fourth-order valence-electron chi connectivity index (χ4n) is 5.44. The van der Waals surface area contributed by atoms with Crippen molar-refractivity contribution in [2.24, 2.45) is 17.8 Å². The van der Waals surface area contributed by atoms with E-state index in [4.69, 9.17) is 14.2 Å². The van der Waals surface area contributed by atoms with Crippen molar-refractivity contribution < 1.29 is 33.7 Å². The molecule has 0 bridgehead atoms. The third-order valence-corrected chi connectivity index (χ3v) is 7.81. The first-order valence-corrected chi connectivity index (χ1v) is 14.6. The highest BCUT2D eigenvalue weighted by atomic mass is 16.5. The van der Waals surface area contributed by atoms with Crippen LogP contribution in [-0.4, -0.2) is 62.6 Å². The Morgan fingerprint density at radius 1 is 0.805 bits per heavy atom. The van der Waals surface area contributed by atoms with Crippen molar-refractivity contribution >= 4 is 17.9 Å². The Kier molecular flexibility index (Phi) is 12.4. The van der Waals surface area contributed by atoms with Gasteiger partial charge in [-0.3, -0.25) is 14.4 Å². The number of rotatable bonds is 14. The molecule has 1 N–H and O–H groups in total. The zero-order chi connectivity index (χ0) is 29.9. The first-order valence-electron chi connectivity index (χ1n) is 14.6. The summed E-state index contributed by atoms with van der Waals surface area (Å²) in [7, 11) is 0. The zero-order valence-corrected chi connectivity index (χ0v) is 24.1. The summed E-state index contributed by atoms with van der Waals surface area (Å²) in [5.74, 6) is -1.29. The van der Waals surface area contributed by atoms with Crippen LogP contribution >= 0.6 is 0 Å². The summed E-state index contributed by atoms with van der Waals surface area (Å²) in [5.41, 5.74) is -3.05. The molecule has 1 aromatic heterocycles. The Morgan fingerprint density at radius 2 is 1.37 bits per heavy atom. The van der Waals surface area contributed by atoms with E-state index in [9.17, 15) is 33.9 Å². The number of aliphatic carboxylic acids is 1. The second kappa shape index (κ2) is 15.7. The largest absolute Gasteiger partial charge is 0.480 e. The van der Waals surface area contributed by atoms with Gasteiger partial charge in [-0.05, 0) is 57.3 Å². The minimum atomic E-state index is -1.42. The SMILES string of the molecule is CC1CCCC(COC(=O)CCCn2c(=O)n(CCCC(=O)OCC3CCC(C)OC3)c(=O)n(CC(=O)O)c2=O)C1. The number of nitrogens with zero attached hydrogens (tertiary/aromatic N) is 3. The minimum Gasteiger partial charge on any atom is -0.480 e. The fraction of sp³-hybridized carbons (Fsp3) is 0.786. The molecular weight excluding hydrogens is 538 g/mol. The predicted octanol–water partition coefficient (Wildman–Crippen LogP) is 1.54. The van der Waals surface area contributed by atoms with E-state index < -0.39 is 41.5 Å². The number of ether oxygens (including phenoxy) is 3. The van der Waals surface area contributed by atoms with Crippen molar-refractivity contribution in [3.63, 3.8) is 0 Å². The zero-order valence-electron chi connectivity index (χ0n) is 24.1. The third-order valence-electron chi connectivity index (χ3n) is 7.81. The normalized spacial score (nSPS) is 22.7. The summed E-state index contributed by atoms with van der Waals surface area (Å²) in [6.07, 6.45) is 6.36. The van der Waals surface area contributed by atoms with Gasteiger partial charge in [-0.25, -0.2) is 28.1 Å². The van der Waals surface area contributed by atoms with E-state index in [1.165, 1.54) is 6.42 Å². The van der Waals surface area contributed by atoms with Gasteiger partial charge < -0.3 is 19.3 Å². The lowest BCUT2D eigenvalue weighted by Crippen LogP contribution is -2.55. The van der Waals surface area contributed by atoms with Gasteiger partial charge in [0.2, 0.25) is 0 Å².